The molecule has 0 unspecified atom stereocenters. The molecule has 4 atom stereocenters. The molecular weight excluding hydrogens is 344 g/mol. The monoisotopic (exact) mass is 378 g/mol. The van der Waals surface area contributed by atoms with Crippen LogP contribution in [0.15, 0.2) is 0 Å². The van der Waals surface area contributed by atoms with E-state index in [0.717, 1.165) is 38.5 Å². The molecule has 2 heterocycles. The van der Waals surface area contributed by atoms with Crippen molar-refractivity contribution in [3.8, 4) is 0 Å². The Labute approximate surface area is 162 Å². The molecule has 0 radical (unpaired) electrons. The van der Waals surface area contributed by atoms with Gasteiger partial charge in [0, 0.05) is 11.8 Å². The molecule has 2 N–H and O–H groups in total. The highest BCUT2D eigenvalue weighted by atomic mass is 16.6. The number of ether oxygens (including phenoxy) is 2. The van der Waals surface area contributed by atoms with Crippen LogP contribution in [0.5, 0.6) is 0 Å². The fourth-order valence-corrected chi connectivity index (χ4v) is 4.92. The highest BCUT2D eigenvalue weighted by Crippen LogP contribution is 2.40. The van der Waals surface area contributed by atoms with Gasteiger partial charge >= 0.3 is 0 Å². The van der Waals surface area contributed by atoms with Crippen molar-refractivity contribution in [1.29, 1.82) is 0 Å². The van der Waals surface area contributed by atoms with Crippen molar-refractivity contribution >= 4 is 11.8 Å². The zero-order valence-electron chi connectivity index (χ0n) is 16.8. The average molecular weight is 379 g/mol. The molecule has 4 fully saturated rings. The molecule has 6 heteroatoms. The molecule has 2 saturated carbocycles. The van der Waals surface area contributed by atoms with Crippen LogP contribution in [-0.2, 0) is 19.1 Å². The van der Waals surface area contributed by atoms with Crippen LogP contribution in [0.3, 0.4) is 0 Å². The summed E-state index contributed by atoms with van der Waals surface area (Å²) in [6, 6.07) is -0.196. The number of hydrogen-bond acceptors (Lipinski definition) is 4. The minimum Gasteiger partial charge on any atom is -0.371 e. The second-order valence-corrected chi connectivity index (χ2v) is 10.0. The smallest absolute Gasteiger partial charge is 0.223 e. The summed E-state index contributed by atoms with van der Waals surface area (Å²) in [5.41, 5.74) is 0.325. The van der Waals surface area contributed by atoms with Crippen LogP contribution in [0, 0.1) is 23.2 Å². The Balaban J connectivity index is 1.26. The van der Waals surface area contributed by atoms with E-state index in [9.17, 15) is 9.59 Å². The number of carbonyl (C=O) groups excluding carboxylic acids is 2. The van der Waals surface area contributed by atoms with Gasteiger partial charge in [-0.05, 0) is 49.9 Å². The van der Waals surface area contributed by atoms with Gasteiger partial charge < -0.3 is 20.1 Å². The first-order chi connectivity index (χ1) is 12.8. The van der Waals surface area contributed by atoms with Crippen LogP contribution < -0.4 is 10.6 Å². The van der Waals surface area contributed by atoms with E-state index in [4.69, 9.17) is 9.47 Å². The van der Waals surface area contributed by atoms with Crippen LogP contribution in [0.25, 0.3) is 0 Å². The van der Waals surface area contributed by atoms with Gasteiger partial charge in [-0.3, -0.25) is 9.59 Å². The molecule has 0 spiro atoms. The summed E-state index contributed by atoms with van der Waals surface area (Å²) in [6.07, 6.45) is 5.88. The number of hydrogen-bond donors (Lipinski definition) is 2. The summed E-state index contributed by atoms with van der Waals surface area (Å²) >= 11 is 0. The van der Waals surface area contributed by atoms with Crippen molar-refractivity contribution in [2.45, 2.75) is 83.6 Å². The Bertz CT molecular complexity index is 575. The van der Waals surface area contributed by atoms with Gasteiger partial charge in [-0.2, -0.15) is 0 Å². The lowest BCUT2D eigenvalue weighted by Crippen LogP contribution is -2.48. The average Bonchev–Trinajstić information content (AvgIpc) is 3.30. The molecule has 0 aromatic heterocycles. The predicted octanol–water partition coefficient (Wildman–Crippen LogP) is 2.02. The molecule has 152 valence electrons. The summed E-state index contributed by atoms with van der Waals surface area (Å²) in [6.45, 7) is 7.82. The lowest BCUT2D eigenvalue weighted by Gasteiger charge is -2.36. The van der Waals surface area contributed by atoms with E-state index in [0.29, 0.717) is 24.5 Å². The van der Waals surface area contributed by atoms with Gasteiger partial charge in [0.1, 0.15) is 12.2 Å². The first-order valence-electron chi connectivity index (χ1n) is 10.7. The second-order valence-electron chi connectivity index (χ2n) is 10.0. The Hall–Kier alpha value is -1.14. The van der Waals surface area contributed by atoms with E-state index < -0.39 is 0 Å². The topological polar surface area (TPSA) is 76.7 Å². The Kier molecular flexibility index (Phi) is 5.23. The molecule has 6 nitrogen and oxygen atoms in total. The van der Waals surface area contributed by atoms with Crippen molar-refractivity contribution < 1.29 is 19.1 Å². The molecule has 2 amide bonds. The second kappa shape index (κ2) is 7.36. The minimum absolute atomic E-state index is 0.0905. The summed E-state index contributed by atoms with van der Waals surface area (Å²) in [7, 11) is 0. The molecule has 4 aliphatic rings. The van der Waals surface area contributed by atoms with Gasteiger partial charge in [0.2, 0.25) is 11.8 Å². The standard InChI is InChI=1S/C21H34N2O4/c1-21(2,3)14-8-6-13(7-9-14)20(25)23-16-11-27-17-15(10-26-18(16)17)22-19(24)12-4-5-12/h12-18H,4-11H2,1-3H3,(H,22,24)(H,23,25)/t13?,14?,15-,16-,17+,18+/m0/s1. The summed E-state index contributed by atoms with van der Waals surface area (Å²) in [5.74, 6) is 1.26. The van der Waals surface area contributed by atoms with Crippen LogP contribution in [0.4, 0.5) is 0 Å². The summed E-state index contributed by atoms with van der Waals surface area (Å²) < 4.78 is 11.8. The van der Waals surface area contributed by atoms with Gasteiger partial charge in [-0.15, -0.1) is 0 Å². The van der Waals surface area contributed by atoms with E-state index in [2.05, 4.69) is 31.4 Å². The quantitative estimate of drug-likeness (QED) is 0.785. The van der Waals surface area contributed by atoms with Crippen LogP contribution in [0.1, 0.15) is 59.3 Å². The maximum atomic E-state index is 12.8. The van der Waals surface area contributed by atoms with Gasteiger partial charge in [0.15, 0.2) is 0 Å². The number of rotatable bonds is 4. The van der Waals surface area contributed by atoms with Gasteiger partial charge in [-0.25, -0.2) is 0 Å². The lowest BCUT2D eigenvalue weighted by atomic mass is 9.69. The van der Waals surface area contributed by atoms with Crippen LogP contribution in [-0.4, -0.2) is 49.3 Å². The lowest BCUT2D eigenvalue weighted by molar-refractivity contribution is -0.128. The molecule has 27 heavy (non-hydrogen) atoms. The summed E-state index contributed by atoms with van der Waals surface area (Å²) in [4.78, 5) is 24.8. The van der Waals surface area contributed by atoms with Gasteiger partial charge in [0.05, 0.1) is 25.3 Å². The molecule has 0 bridgehead atoms. The van der Waals surface area contributed by atoms with E-state index in [1.165, 1.54) is 0 Å². The Morgan fingerprint density at radius 2 is 1.15 bits per heavy atom. The maximum absolute atomic E-state index is 12.8. The molecule has 4 rings (SSSR count). The third kappa shape index (κ3) is 4.16. The maximum Gasteiger partial charge on any atom is 0.223 e. The fourth-order valence-electron chi connectivity index (χ4n) is 4.92. The number of amides is 2. The number of carbonyl (C=O) groups is 2. The molecule has 2 saturated heterocycles. The van der Waals surface area contributed by atoms with Gasteiger partial charge in [-0.1, -0.05) is 20.8 Å². The zero-order chi connectivity index (χ0) is 19.2. The zero-order valence-corrected chi connectivity index (χ0v) is 16.8. The molecule has 0 aromatic rings. The van der Waals surface area contributed by atoms with Gasteiger partial charge in [0.25, 0.3) is 0 Å². The van der Waals surface area contributed by atoms with E-state index in [1.807, 2.05) is 0 Å². The van der Waals surface area contributed by atoms with E-state index in [1.54, 1.807) is 0 Å². The number of fused-ring (bicyclic) bond motifs is 1. The molecule has 0 aromatic carbocycles. The van der Waals surface area contributed by atoms with E-state index >= 15 is 0 Å². The largest absolute Gasteiger partial charge is 0.371 e. The van der Waals surface area contributed by atoms with Crippen molar-refractivity contribution in [3.05, 3.63) is 0 Å². The third-order valence-electron chi connectivity index (χ3n) is 6.98. The first kappa shape index (κ1) is 19.2. The number of nitrogens with one attached hydrogen (secondary N) is 2. The first-order valence-corrected chi connectivity index (χ1v) is 10.7. The Morgan fingerprint density at radius 1 is 0.741 bits per heavy atom. The minimum atomic E-state index is -0.149. The third-order valence-corrected chi connectivity index (χ3v) is 6.98. The highest BCUT2D eigenvalue weighted by molar-refractivity contribution is 5.81. The normalized spacial score (nSPS) is 39.1. The SMILES string of the molecule is CC(C)(C)C1CCC(C(=O)N[C@H]2CO[C@H]3[C@@H]2OC[C@@H]3NC(=O)C2CC2)CC1. The molecular formula is C21H34N2O4. The molecule has 2 aliphatic carbocycles. The fraction of sp³-hybridized carbons (Fsp3) is 0.905. The van der Waals surface area contributed by atoms with Crippen molar-refractivity contribution in [2.24, 2.45) is 23.2 Å². The van der Waals surface area contributed by atoms with Crippen LogP contribution in [0.2, 0.25) is 0 Å². The highest BCUT2D eigenvalue weighted by Gasteiger charge is 2.49. The Morgan fingerprint density at radius 3 is 1.52 bits per heavy atom. The van der Waals surface area contributed by atoms with Crippen molar-refractivity contribution in [1.82, 2.24) is 10.6 Å². The van der Waals surface area contributed by atoms with Crippen molar-refractivity contribution in [3.63, 3.8) is 0 Å². The predicted molar refractivity (Wildman–Crippen MR) is 101 cm³/mol. The molecule has 2 aliphatic heterocycles. The van der Waals surface area contributed by atoms with E-state index in [-0.39, 0.29) is 47.9 Å². The summed E-state index contributed by atoms with van der Waals surface area (Å²) in [5, 5.41) is 6.25. The van der Waals surface area contributed by atoms with Crippen molar-refractivity contribution in [2.75, 3.05) is 13.2 Å². The van der Waals surface area contributed by atoms with Crippen LogP contribution >= 0.6 is 0 Å².